The average molecular weight is 350 g/mol. The van der Waals surface area contributed by atoms with Gasteiger partial charge in [0.25, 0.3) is 5.91 Å². The van der Waals surface area contributed by atoms with Crippen LogP contribution in [0.2, 0.25) is 0 Å². The Morgan fingerprint density at radius 1 is 1.21 bits per heavy atom. The molecule has 0 radical (unpaired) electrons. The van der Waals surface area contributed by atoms with E-state index >= 15 is 0 Å². The van der Waals surface area contributed by atoms with Gasteiger partial charge in [0.2, 0.25) is 0 Å². The molecule has 0 bridgehead atoms. The van der Waals surface area contributed by atoms with Gasteiger partial charge in [-0.15, -0.1) is 11.3 Å². The van der Waals surface area contributed by atoms with Crippen LogP contribution in [-0.4, -0.2) is 5.91 Å². The molecule has 7 heteroatoms. The molecule has 124 valence electrons. The maximum absolute atomic E-state index is 13.0. The minimum atomic E-state index is -4.61. The number of nitrogens with one attached hydrogen (secondary N) is 1. The molecule has 3 rings (SSSR count). The first-order valence-electron chi connectivity index (χ1n) is 7.44. The highest BCUT2D eigenvalue weighted by atomic mass is 32.1. The number of nitrogens with zero attached hydrogens (tertiary/aromatic N) is 1. The van der Waals surface area contributed by atoms with Crippen LogP contribution in [0.25, 0.3) is 0 Å². The molecule has 1 amide bonds. The van der Waals surface area contributed by atoms with Crippen LogP contribution < -0.4 is 5.32 Å². The highest BCUT2D eigenvalue weighted by molar-refractivity contribution is 7.16. The highest BCUT2D eigenvalue weighted by Crippen LogP contribution is 2.38. The number of carbonyl (C=O) groups excluding carboxylic acids is 1. The van der Waals surface area contributed by atoms with Crippen molar-refractivity contribution >= 4 is 22.2 Å². The molecular weight excluding hydrogens is 337 g/mol. The normalized spacial score (nSPS) is 13.9. The zero-order chi connectivity index (χ0) is 17.3. The predicted molar refractivity (Wildman–Crippen MR) is 85.1 cm³/mol. The van der Waals surface area contributed by atoms with Gasteiger partial charge < -0.3 is 5.32 Å². The highest BCUT2D eigenvalue weighted by Gasteiger charge is 2.35. The second-order valence-corrected chi connectivity index (χ2v) is 6.63. The SMILES string of the molecule is N#Cc1c(NC(=O)c2ccccc2C(F)(F)F)sc2c1CCCC2. The van der Waals surface area contributed by atoms with Gasteiger partial charge >= 0.3 is 6.18 Å². The quantitative estimate of drug-likeness (QED) is 0.848. The summed E-state index contributed by atoms with van der Waals surface area (Å²) in [6, 6.07) is 6.71. The Morgan fingerprint density at radius 3 is 2.62 bits per heavy atom. The van der Waals surface area contributed by atoms with Gasteiger partial charge in [0.1, 0.15) is 11.1 Å². The summed E-state index contributed by atoms with van der Waals surface area (Å²) in [5.41, 5.74) is -0.122. The number of hydrogen-bond donors (Lipinski definition) is 1. The van der Waals surface area contributed by atoms with E-state index in [1.807, 2.05) is 0 Å². The Bertz CT molecular complexity index is 833. The van der Waals surface area contributed by atoms with Crippen molar-refractivity contribution in [1.29, 1.82) is 5.26 Å². The lowest BCUT2D eigenvalue weighted by molar-refractivity contribution is -0.137. The fourth-order valence-corrected chi connectivity index (χ4v) is 4.11. The summed E-state index contributed by atoms with van der Waals surface area (Å²) in [6.07, 6.45) is -1.01. The van der Waals surface area contributed by atoms with E-state index in [0.29, 0.717) is 10.6 Å². The zero-order valence-electron chi connectivity index (χ0n) is 12.5. The van der Waals surface area contributed by atoms with E-state index < -0.39 is 23.2 Å². The molecule has 1 aliphatic carbocycles. The molecule has 1 heterocycles. The lowest BCUT2D eigenvalue weighted by Gasteiger charge is -2.12. The van der Waals surface area contributed by atoms with E-state index in [0.717, 1.165) is 48.3 Å². The van der Waals surface area contributed by atoms with Crippen LogP contribution in [0.4, 0.5) is 18.2 Å². The third-order valence-electron chi connectivity index (χ3n) is 3.99. The smallest absolute Gasteiger partial charge is 0.312 e. The predicted octanol–water partition coefficient (Wildman–Crippen LogP) is 4.77. The Labute approximate surface area is 140 Å². The summed E-state index contributed by atoms with van der Waals surface area (Å²) in [7, 11) is 0. The van der Waals surface area contributed by atoms with Crippen LogP contribution in [0, 0.1) is 11.3 Å². The second kappa shape index (κ2) is 6.29. The number of hydrogen-bond acceptors (Lipinski definition) is 3. The van der Waals surface area contributed by atoms with Crippen LogP contribution >= 0.6 is 11.3 Å². The summed E-state index contributed by atoms with van der Waals surface area (Å²) in [6.45, 7) is 0. The molecule has 3 nitrogen and oxygen atoms in total. The molecule has 0 atom stereocenters. The van der Waals surface area contributed by atoms with E-state index in [2.05, 4.69) is 11.4 Å². The van der Waals surface area contributed by atoms with Gasteiger partial charge in [0.15, 0.2) is 0 Å². The summed E-state index contributed by atoms with van der Waals surface area (Å²) in [4.78, 5) is 13.4. The first kappa shape index (κ1) is 16.5. The monoisotopic (exact) mass is 350 g/mol. The first-order valence-corrected chi connectivity index (χ1v) is 8.25. The Morgan fingerprint density at radius 2 is 1.92 bits per heavy atom. The third kappa shape index (κ3) is 3.02. The van der Waals surface area contributed by atoms with E-state index in [-0.39, 0.29) is 0 Å². The minimum Gasteiger partial charge on any atom is -0.312 e. The average Bonchev–Trinajstić information content (AvgIpc) is 2.91. The van der Waals surface area contributed by atoms with Crippen molar-refractivity contribution in [3.8, 4) is 6.07 Å². The molecule has 0 fully saturated rings. The standard InChI is InChI=1S/C17H13F3N2OS/c18-17(19,20)13-7-3-1-6-11(13)15(23)22-16-12(9-21)10-5-2-4-8-14(10)24-16/h1,3,6-7H,2,4-5,8H2,(H,22,23). The Balaban J connectivity index is 1.95. The van der Waals surface area contributed by atoms with Crippen LogP contribution in [0.15, 0.2) is 24.3 Å². The summed E-state index contributed by atoms with van der Waals surface area (Å²) in [5.74, 6) is -0.849. The lowest BCUT2D eigenvalue weighted by atomic mass is 9.96. The number of amides is 1. The van der Waals surface area contributed by atoms with Crippen molar-refractivity contribution in [1.82, 2.24) is 0 Å². The Kier molecular flexibility index (Phi) is 4.33. The van der Waals surface area contributed by atoms with E-state index in [1.54, 1.807) is 0 Å². The number of fused-ring (bicyclic) bond motifs is 1. The largest absolute Gasteiger partial charge is 0.417 e. The molecule has 0 saturated carbocycles. The van der Waals surface area contributed by atoms with Crippen molar-refractivity contribution < 1.29 is 18.0 Å². The first-order chi connectivity index (χ1) is 11.4. The van der Waals surface area contributed by atoms with Crippen LogP contribution in [0.1, 0.15) is 44.8 Å². The number of anilines is 1. The number of thiophene rings is 1. The maximum Gasteiger partial charge on any atom is 0.417 e. The molecular formula is C17H13F3N2OS. The number of alkyl halides is 3. The number of rotatable bonds is 2. The topological polar surface area (TPSA) is 52.9 Å². The summed E-state index contributed by atoms with van der Waals surface area (Å²) >= 11 is 1.29. The van der Waals surface area contributed by atoms with Gasteiger partial charge in [0.05, 0.1) is 16.7 Å². The number of benzene rings is 1. The second-order valence-electron chi connectivity index (χ2n) is 5.52. The molecule has 1 aliphatic rings. The van der Waals surface area contributed by atoms with Crippen LogP contribution in [-0.2, 0) is 19.0 Å². The van der Waals surface area contributed by atoms with E-state index in [1.165, 1.54) is 23.5 Å². The van der Waals surface area contributed by atoms with Crippen molar-refractivity contribution in [2.24, 2.45) is 0 Å². The van der Waals surface area contributed by atoms with E-state index in [9.17, 15) is 23.2 Å². The number of nitriles is 1. The van der Waals surface area contributed by atoms with E-state index in [4.69, 9.17) is 0 Å². The van der Waals surface area contributed by atoms with Gasteiger partial charge in [-0.05, 0) is 43.4 Å². The van der Waals surface area contributed by atoms with Gasteiger partial charge in [0, 0.05) is 4.88 Å². The maximum atomic E-state index is 13.0. The lowest BCUT2D eigenvalue weighted by Crippen LogP contribution is -2.18. The molecule has 24 heavy (non-hydrogen) atoms. The van der Waals surface area contributed by atoms with Crippen molar-refractivity contribution in [2.45, 2.75) is 31.9 Å². The molecule has 0 unspecified atom stereocenters. The molecule has 0 spiro atoms. The number of halogens is 3. The molecule has 0 saturated heterocycles. The van der Waals surface area contributed by atoms with Gasteiger partial charge in [-0.1, -0.05) is 12.1 Å². The zero-order valence-corrected chi connectivity index (χ0v) is 13.4. The molecule has 2 aromatic rings. The molecule has 0 aliphatic heterocycles. The fraction of sp³-hybridized carbons (Fsp3) is 0.294. The summed E-state index contributed by atoms with van der Waals surface area (Å²) in [5, 5.41) is 12.2. The summed E-state index contributed by atoms with van der Waals surface area (Å²) < 4.78 is 39.1. The molecule has 1 aromatic carbocycles. The molecule has 1 aromatic heterocycles. The van der Waals surface area contributed by atoms with Gasteiger partial charge in [-0.25, -0.2) is 0 Å². The number of carbonyl (C=O) groups is 1. The molecule has 1 N–H and O–H groups in total. The Hall–Kier alpha value is -2.33. The third-order valence-corrected chi connectivity index (χ3v) is 5.19. The number of aryl methyl sites for hydroxylation is 1. The van der Waals surface area contributed by atoms with Crippen molar-refractivity contribution in [3.05, 3.63) is 51.4 Å². The van der Waals surface area contributed by atoms with Crippen LogP contribution in [0.3, 0.4) is 0 Å². The van der Waals surface area contributed by atoms with Crippen molar-refractivity contribution in [2.75, 3.05) is 5.32 Å². The van der Waals surface area contributed by atoms with Crippen molar-refractivity contribution in [3.63, 3.8) is 0 Å². The fourth-order valence-electron chi connectivity index (χ4n) is 2.87. The van der Waals surface area contributed by atoms with Crippen LogP contribution in [0.5, 0.6) is 0 Å². The van der Waals surface area contributed by atoms with Gasteiger partial charge in [-0.3, -0.25) is 4.79 Å². The minimum absolute atomic E-state index is 0.339. The van der Waals surface area contributed by atoms with Gasteiger partial charge in [-0.2, -0.15) is 18.4 Å².